The van der Waals surface area contributed by atoms with E-state index in [0.717, 1.165) is 31.0 Å². The van der Waals surface area contributed by atoms with Crippen molar-refractivity contribution < 1.29 is 9.84 Å². The van der Waals surface area contributed by atoms with Crippen LogP contribution in [0.25, 0.3) is 0 Å². The first-order valence-electron chi connectivity index (χ1n) is 5.70. The Labute approximate surface area is 91.4 Å². The van der Waals surface area contributed by atoms with Gasteiger partial charge in [-0.1, -0.05) is 6.92 Å². The lowest BCUT2D eigenvalue weighted by atomic mass is 10.1. The third kappa shape index (κ3) is 5.23. The zero-order chi connectivity index (χ0) is 10.2. The minimum Gasteiger partial charge on any atom is -0.392 e. The minimum absolute atomic E-state index is 0.129. The largest absolute Gasteiger partial charge is 0.392 e. The molecule has 1 saturated heterocycles. The zero-order valence-corrected chi connectivity index (χ0v) is 9.89. The number of ether oxygens (including phenoxy) is 1. The average molecular weight is 218 g/mol. The molecule has 1 heterocycles. The molecule has 0 radical (unpaired) electrons. The van der Waals surface area contributed by atoms with Crippen molar-refractivity contribution in [2.75, 3.05) is 18.1 Å². The lowest BCUT2D eigenvalue weighted by molar-refractivity contribution is 0.0861. The van der Waals surface area contributed by atoms with Gasteiger partial charge < -0.3 is 9.84 Å². The molecule has 84 valence electrons. The van der Waals surface area contributed by atoms with Gasteiger partial charge in [0.25, 0.3) is 0 Å². The highest BCUT2D eigenvalue weighted by molar-refractivity contribution is 7.99. The summed E-state index contributed by atoms with van der Waals surface area (Å²) in [5.41, 5.74) is 0. The fourth-order valence-electron chi connectivity index (χ4n) is 1.70. The fraction of sp³-hybridized carbons (Fsp3) is 1.00. The highest BCUT2D eigenvalue weighted by Gasteiger charge is 2.16. The quantitative estimate of drug-likeness (QED) is 0.666. The van der Waals surface area contributed by atoms with Crippen molar-refractivity contribution in [3.8, 4) is 0 Å². The molecule has 2 nitrogen and oxygen atoms in total. The summed E-state index contributed by atoms with van der Waals surface area (Å²) >= 11 is 1.85. The molecule has 3 heteroatoms. The molecule has 0 aromatic rings. The maximum atomic E-state index is 9.66. The lowest BCUT2D eigenvalue weighted by Crippen LogP contribution is -2.14. The summed E-state index contributed by atoms with van der Waals surface area (Å²) < 4.78 is 5.51. The van der Waals surface area contributed by atoms with Crippen LogP contribution in [0.2, 0.25) is 0 Å². The summed E-state index contributed by atoms with van der Waals surface area (Å²) in [5, 5.41) is 9.66. The van der Waals surface area contributed by atoms with Crippen LogP contribution >= 0.6 is 11.8 Å². The van der Waals surface area contributed by atoms with Crippen molar-refractivity contribution >= 4 is 11.8 Å². The van der Waals surface area contributed by atoms with Gasteiger partial charge >= 0.3 is 0 Å². The second-order valence-electron chi connectivity index (χ2n) is 3.94. The van der Waals surface area contributed by atoms with Gasteiger partial charge in [-0.15, -0.1) is 0 Å². The Morgan fingerprint density at radius 1 is 1.57 bits per heavy atom. The molecule has 1 aliphatic rings. The van der Waals surface area contributed by atoms with E-state index in [2.05, 4.69) is 6.92 Å². The second-order valence-corrected chi connectivity index (χ2v) is 5.09. The Morgan fingerprint density at radius 3 is 3.07 bits per heavy atom. The van der Waals surface area contributed by atoms with Crippen LogP contribution in [-0.2, 0) is 4.74 Å². The highest BCUT2D eigenvalue weighted by Crippen LogP contribution is 2.18. The van der Waals surface area contributed by atoms with Crippen molar-refractivity contribution in [2.24, 2.45) is 0 Å². The van der Waals surface area contributed by atoms with E-state index in [9.17, 15) is 5.11 Å². The van der Waals surface area contributed by atoms with Crippen LogP contribution in [0.4, 0.5) is 0 Å². The predicted molar refractivity (Wildman–Crippen MR) is 61.8 cm³/mol. The van der Waals surface area contributed by atoms with Gasteiger partial charge in [-0.05, 0) is 37.9 Å². The first kappa shape index (κ1) is 12.3. The molecular weight excluding hydrogens is 196 g/mol. The maximum Gasteiger partial charge on any atom is 0.0631 e. The van der Waals surface area contributed by atoms with E-state index in [4.69, 9.17) is 4.74 Å². The molecular formula is C11H22O2S. The molecule has 1 N–H and O–H groups in total. The summed E-state index contributed by atoms with van der Waals surface area (Å²) in [7, 11) is 0. The van der Waals surface area contributed by atoms with Crippen molar-refractivity contribution in [3.63, 3.8) is 0 Å². The summed E-state index contributed by atoms with van der Waals surface area (Å²) in [6, 6.07) is 0. The number of thioether (sulfide) groups is 1. The van der Waals surface area contributed by atoms with Crippen LogP contribution in [0.3, 0.4) is 0 Å². The van der Waals surface area contributed by atoms with E-state index in [1.165, 1.54) is 19.3 Å². The smallest absolute Gasteiger partial charge is 0.0631 e. The number of aliphatic hydroxyl groups is 1. The van der Waals surface area contributed by atoms with Crippen LogP contribution in [0, 0.1) is 0 Å². The Balaban J connectivity index is 1.93. The predicted octanol–water partition coefficient (Wildman–Crippen LogP) is 2.45. The van der Waals surface area contributed by atoms with Gasteiger partial charge in [-0.3, -0.25) is 0 Å². The van der Waals surface area contributed by atoms with Crippen molar-refractivity contribution in [2.45, 2.75) is 51.2 Å². The standard InChI is InChI=1S/C11H22O2S/c1-2-8-14-9-10(12)5-6-11-4-3-7-13-11/h10-12H,2-9H2,1H3. The number of hydrogen-bond donors (Lipinski definition) is 1. The van der Waals surface area contributed by atoms with Gasteiger partial charge in [0.2, 0.25) is 0 Å². The number of aliphatic hydroxyl groups excluding tert-OH is 1. The summed E-state index contributed by atoms with van der Waals surface area (Å²) in [6.07, 6.45) is 5.83. The molecule has 1 aliphatic heterocycles. The molecule has 0 amide bonds. The van der Waals surface area contributed by atoms with E-state index in [1.807, 2.05) is 11.8 Å². The van der Waals surface area contributed by atoms with Crippen molar-refractivity contribution in [3.05, 3.63) is 0 Å². The van der Waals surface area contributed by atoms with E-state index < -0.39 is 0 Å². The van der Waals surface area contributed by atoms with Crippen molar-refractivity contribution in [1.82, 2.24) is 0 Å². The van der Waals surface area contributed by atoms with Crippen LogP contribution in [0.15, 0.2) is 0 Å². The van der Waals surface area contributed by atoms with Gasteiger partial charge in [-0.2, -0.15) is 11.8 Å². The Morgan fingerprint density at radius 2 is 2.43 bits per heavy atom. The van der Waals surface area contributed by atoms with E-state index >= 15 is 0 Å². The first-order chi connectivity index (χ1) is 6.83. The highest BCUT2D eigenvalue weighted by atomic mass is 32.2. The zero-order valence-electron chi connectivity index (χ0n) is 9.08. The minimum atomic E-state index is -0.129. The molecule has 0 aromatic carbocycles. The Hall–Kier alpha value is 0.270. The topological polar surface area (TPSA) is 29.5 Å². The van der Waals surface area contributed by atoms with E-state index in [-0.39, 0.29) is 6.10 Å². The SMILES string of the molecule is CCCSCC(O)CCC1CCCO1. The first-order valence-corrected chi connectivity index (χ1v) is 6.85. The van der Waals surface area contributed by atoms with Gasteiger partial charge in [0, 0.05) is 12.4 Å². The van der Waals surface area contributed by atoms with Crippen LogP contribution < -0.4 is 0 Å². The molecule has 0 saturated carbocycles. The van der Waals surface area contributed by atoms with Crippen LogP contribution in [-0.4, -0.2) is 35.4 Å². The summed E-state index contributed by atoms with van der Waals surface area (Å²) in [6.45, 7) is 3.09. The van der Waals surface area contributed by atoms with Gasteiger partial charge in [-0.25, -0.2) is 0 Å². The van der Waals surface area contributed by atoms with E-state index in [1.54, 1.807) is 0 Å². The van der Waals surface area contributed by atoms with Crippen molar-refractivity contribution in [1.29, 1.82) is 0 Å². The molecule has 0 aromatic heterocycles. The van der Waals surface area contributed by atoms with Crippen LogP contribution in [0.5, 0.6) is 0 Å². The molecule has 1 rings (SSSR count). The second kappa shape index (κ2) is 7.55. The van der Waals surface area contributed by atoms with Crippen LogP contribution in [0.1, 0.15) is 39.0 Å². The average Bonchev–Trinajstić information content (AvgIpc) is 2.68. The molecule has 2 unspecified atom stereocenters. The summed E-state index contributed by atoms with van der Waals surface area (Å²) in [4.78, 5) is 0. The van der Waals surface area contributed by atoms with Gasteiger partial charge in [0.1, 0.15) is 0 Å². The number of rotatable bonds is 7. The third-order valence-electron chi connectivity index (χ3n) is 2.50. The molecule has 1 fully saturated rings. The lowest BCUT2D eigenvalue weighted by Gasteiger charge is -2.13. The third-order valence-corrected chi connectivity index (χ3v) is 3.82. The summed E-state index contributed by atoms with van der Waals surface area (Å²) in [5.74, 6) is 2.05. The molecule has 2 atom stereocenters. The maximum absolute atomic E-state index is 9.66. The van der Waals surface area contributed by atoms with Gasteiger partial charge in [0.15, 0.2) is 0 Å². The number of hydrogen-bond acceptors (Lipinski definition) is 3. The molecule has 14 heavy (non-hydrogen) atoms. The monoisotopic (exact) mass is 218 g/mol. The molecule has 0 bridgehead atoms. The fourth-order valence-corrected chi connectivity index (χ4v) is 2.59. The Kier molecular flexibility index (Phi) is 6.65. The molecule has 0 aliphatic carbocycles. The van der Waals surface area contributed by atoms with Gasteiger partial charge in [0.05, 0.1) is 12.2 Å². The molecule has 0 spiro atoms. The normalized spacial score (nSPS) is 24.0. The Bertz CT molecular complexity index is 135. The van der Waals surface area contributed by atoms with E-state index in [0.29, 0.717) is 6.10 Å².